The quantitative estimate of drug-likeness (QED) is 0.593. The first-order chi connectivity index (χ1) is 13.8. The fraction of sp³-hybridized carbons (Fsp3) is 0.471. The Morgan fingerprint density at radius 1 is 1.38 bits per heavy atom. The van der Waals surface area contributed by atoms with Crippen LogP contribution in [0, 0.1) is 0 Å². The van der Waals surface area contributed by atoms with Gasteiger partial charge in [-0.15, -0.1) is 0 Å². The van der Waals surface area contributed by atoms with Gasteiger partial charge in [0.15, 0.2) is 11.7 Å². The highest BCUT2D eigenvalue weighted by Gasteiger charge is 2.46. The van der Waals surface area contributed by atoms with E-state index in [-0.39, 0.29) is 22.9 Å². The first-order valence-corrected chi connectivity index (χ1v) is 9.21. The van der Waals surface area contributed by atoms with Gasteiger partial charge in [-0.25, -0.2) is 14.9 Å². The maximum absolute atomic E-state index is 13.2. The van der Waals surface area contributed by atoms with Crippen molar-refractivity contribution in [3.05, 3.63) is 35.9 Å². The van der Waals surface area contributed by atoms with Crippen LogP contribution in [0.5, 0.6) is 0 Å². The number of hydrazine groups is 1. The van der Waals surface area contributed by atoms with Crippen molar-refractivity contribution >= 4 is 17.4 Å². The summed E-state index contributed by atoms with van der Waals surface area (Å²) in [7, 11) is 1.42. The highest BCUT2D eigenvalue weighted by atomic mass is 19.4. The van der Waals surface area contributed by atoms with Crippen molar-refractivity contribution in [3.63, 3.8) is 0 Å². The molecule has 2 aromatic rings. The Labute approximate surface area is 164 Å². The minimum Gasteiger partial charge on any atom is -0.366 e. The van der Waals surface area contributed by atoms with E-state index in [2.05, 4.69) is 31.5 Å². The second kappa shape index (κ2) is 7.52. The lowest BCUT2D eigenvalue weighted by Gasteiger charge is -2.24. The predicted octanol–water partition coefficient (Wildman–Crippen LogP) is 0.845. The maximum atomic E-state index is 13.2. The monoisotopic (exact) mass is 410 g/mol. The molecule has 2 unspecified atom stereocenters. The average Bonchev–Trinajstić information content (AvgIpc) is 3.25. The molecule has 9 nitrogen and oxygen atoms in total. The van der Waals surface area contributed by atoms with E-state index in [1.165, 1.54) is 24.0 Å². The fourth-order valence-electron chi connectivity index (χ4n) is 3.44. The molecule has 0 radical (unpaired) electrons. The normalized spacial score (nSPS) is 22.6. The summed E-state index contributed by atoms with van der Waals surface area (Å²) in [6, 6.07) is -0.0204. The van der Waals surface area contributed by atoms with Gasteiger partial charge >= 0.3 is 6.18 Å². The van der Waals surface area contributed by atoms with Crippen molar-refractivity contribution in [1.82, 2.24) is 35.7 Å². The lowest BCUT2D eigenvalue weighted by Crippen LogP contribution is -2.47. The third-order valence-corrected chi connectivity index (χ3v) is 4.82. The molecule has 1 amide bonds. The van der Waals surface area contributed by atoms with Gasteiger partial charge in [0.2, 0.25) is 0 Å². The van der Waals surface area contributed by atoms with Crippen molar-refractivity contribution in [1.29, 1.82) is 0 Å². The highest BCUT2D eigenvalue weighted by Crippen LogP contribution is 2.28. The summed E-state index contributed by atoms with van der Waals surface area (Å²) in [6.07, 6.45) is 1.64. The van der Waals surface area contributed by atoms with Crippen LogP contribution < -0.4 is 21.4 Å². The number of fused-ring (bicyclic) bond motifs is 1. The largest absolute Gasteiger partial charge is 0.411 e. The lowest BCUT2D eigenvalue weighted by molar-refractivity contribution is -0.151. The minimum absolute atomic E-state index is 0.0896. The van der Waals surface area contributed by atoms with Crippen LogP contribution in [-0.4, -0.2) is 63.9 Å². The zero-order valence-corrected chi connectivity index (χ0v) is 15.6. The predicted molar refractivity (Wildman–Crippen MR) is 98.8 cm³/mol. The molecule has 4 heterocycles. The molecule has 4 rings (SSSR count). The molecule has 29 heavy (non-hydrogen) atoms. The number of nitrogens with zero attached hydrogens (tertiary/aromatic N) is 4. The van der Waals surface area contributed by atoms with Gasteiger partial charge in [0.25, 0.3) is 5.91 Å². The third-order valence-electron chi connectivity index (χ3n) is 4.82. The molecule has 1 fully saturated rings. The van der Waals surface area contributed by atoms with Crippen LogP contribution in [0.15, 0.2) is 30.4 Å². The van der Waals surface area contributed by atoms with E-state index < -0.39 is 18.1 Å². The molecule has 12 heteroatoms. The van der Waals surface area contributed by atoms with Crippen LogP contribution in [0.3, 0.4) is 0 Å². The fourth-order valence-corrected chi connectivity index (χ4v) is 3.44. The molecule has 2 atom stereocenters. The number of alkyl halides is 3. The SMILES string of the molecule is CN1C=C(NC(=O)c2cnn3ccc(NC4CCCNC4)nc23)C(C(F)(F)F)N1. The summed E-state index contributed by atoms with van der Waals surface area (Å²) in [5, 5.41) is 14.2. The molecule has 0 bridgehead atoms. The van der Waals surface area contributed by atoms with Crippen LogP contribution >= 0.6 is 0 Å². The number of piperidine rings is 1. The second-order valence-corrected chi connectivity index (χ2v) is 7.08. The molecular formula is C17H21F3N8O. The molecule has 2 aromatic heterocycles. The van der Waals surface area contributed by atoms with Crippen molar-refractivity contribution in [2.45, 2.75) is 31.1 Å². The van der Waals surface area contributed by atoms with E-state index in [0.717, 1.165) is 30.9 Å². The Morgan fingerprint density at radius 2 is 2.21 bits per heavy atom. The molecular weight excluding hydrogens is 389 g/mol. The van der Waals surface area contributed by atoms with Crippen molar-refractivity contribution in [2.24, 2.45) is 0 Å². The van der Waals surface area contributed by atoms with Gasteiger partial charge in [-0.2, -0.15) is 18.3 Å². The summed E-state index contributed by atoms with van der Waals surface area (Å²) in [4.78, 5) is 17.1. The van der Waals surface area contributed by atoms with Gasteiger partial charge in [0, 0.05) is 32.0 Å². The minimum atomic E-state index is -4.55. The first kappa shape index (κ1) is 19.5. The summed E-state index contributed by atoms with van der Waals surface area (Å²) in [5.41, 5.74) is 2.30. The van der Waals surface area contributed by atoms with E-state index in [1.54, 1.807) is 12.3 Å². The van der Waals surface area contributed by atoms with Crippen LogP contribution in [-0.2, 0) is 0 Å². The van der Waals surface area contributed by atoms with E-state index >= 15 is 0 Å². The van der Waals surface area contributed by atoms with Crippen LogP contribution in [0.1, 0.15) is 23.2 Å². The molecule has 0 saturated carbocycles. The standard InChI is InChI=1S/C17H21F3N8O/c1-27-9-12(14(26-27)17(18,19)20)24-16(29)11-8-22-28-6-4-13(25-15(11)28)23-10-3-2-5-21-7-10/h4,6,8-10,14,21,26H,2-3,5,7H2,1H3,(H,23,25)(H,24,29). The zero-order valence-electron chi connectivity index (χ0n) is 15.6. The summed E-state index contributed by atoms with van der Waals surface area (Å²) < 4.78 is 41.0. The Balaban J connectivity index is 1.54. The van der Waals surface area contributed by atoms with Gasteiger partial charge in [-0.1, -0.05) is 0 Å². The summed E-state index contributed by atoms with van der Waals surface area (Å²) >= 11 is 0. The van der Waals surface area contributed by atoms with Gasteiger partial charge in [-0.3, -0.25) is 4.79 Å². The van der Waals surface area contributed by atoms with Crippen molar-refractivity contribution in [3.8, 4) is 0 Å². The van der Waals surface area contributed by atoms with Gasteiger partial charge in [0.1, 0.15) is 11.4 Å². The molecule has 156 valence electrons. The van der Waals surface area contributed by atoms with Crippen LogP contribution in [0.4, 0.5) is 19.0 Å². The number of carbonyl (C=O) groups excluding carboxylic acids is 1. The molecule has 2 aliphatic rings. The zero-order chi connectivity index (χ0) is 20.6. The molecule has 1 saturated heterocycles. The highest BCUT2D eigenvalue weighted by molar-refractivity contribution is 6.00. The number of amides is 1. The molecule has 4 N–H and O–H groups in total. The molecule has 2 aliphatic heterocycles. The van der Waals surface area contributed by atoms with Gasteiger partial charge in [0.05, 0.1) is 11.9 Å². The van der Waals surface area contributed by atoms with E-state index in [1.807, 2.05) is 0 Å². The van der Waals surface area contributed by atoms with Gasteiger partial charge < -0.3 is 21.0 Å². The number of carbonyl (C=O) groups is 1. The topological polar surface area (TPSA) is 98.6 Å². The Kier molecular flexibility index (Phi) is 5.04. The summed E-state index contributed by atoms with van der Waals surface area (Å²) in [5.74, 6) is -0.128. The Morgan fingerprint density at radius 3 is 2.93 bits per heavy atom. The van der Waals surface area contributed by atoms with E-state index in [4.69, 9.17) is 0 Å². The van der Waals surface area contributed by atoms with Crippen molar-refractivity contribution < 1.29 is 18.0 Å². The number of rotatable bonds is 4. The number of aromatic nitrogens is 3. The number of hydrogen-bond acceptors (Lipinski definition) is 7. The molecule has 0 aromatic carbocycles. The third kappa shape index (κ3) is 4.12. The summed E-state index contributed by atoms with van der Waals surface area (Å²) in [6.45, 7) is 1.80. The molecule has 0 spiro atoms. The van der Waals surface area contributed by atoms with Gasteiger partial charge in [-0.05, 0) is 25.5 Å². The lowest BCUT2D eigenvalue weighted by atomic mass is 10.1. The Hall–Kier alpha value is -2.86. The average molecular weight is 410 g/mol. The van der Waals surface area contributed by atoms with E-state index in [9.17, 15) is 18.0 Å². The first-order valence-electron chi connectivity index (χ1n) is 9.21. The number of hydrogen-bond donors (Lipinski definition) is 4. The van der Waals surface area contributed by atoms with Crippen LogP contribution in [0.2, 0.25) is 0 Å². The number of nitrogens with one attached hydrogen (secondary N) is 4. The Bertz CT molecular complexity index is 934. The number of halogens is 3. The van der Waals surface area contributed by atoms with E-state index in [0.29, 0.717) is 5.82 Å². The van der Waals surface area contributed by atoms with Crippen LogP contribution in [0.25, 0.3) is 5.65 Å². The maximum Gasteiger partial charge on any atom is 0.411 e. The van der Waals surface area contributed by atoms with Crippen molar-refractivity contribution in [2.75, 3.05) is 25.5 Å². The number of anilines is 1. The molecule has 0 aliphatic carbocycles. The smallest absolute Gasteiger partial charge is 0.366 e. The second-order valence-electron chi connectivity index (χ2n) is 7.08.